The molecule has 0 bridgehead atoms. The van der Waals surface area contributed by atoms with Gasteiger partial charge < -0.3 is 9.64 Å². The number of aryl methyl sites for hydroxylation is 2. The molecule has 0 aromatic carbocycles. The van der Waals surface area contributed by atoms with E-state index >= 15 is 0 Å². The third kappa shape index (κ3) is 3.79. The summed E-state index contributed by atoms with van der Waals surface area (Å²) in [4.78, 5) is 22.2. The topological polar surface area (TPSA) is 55.3 Å². The monoisotopic (exact) mass is 275 g/mol. The molecule has 1 aliphatic heterocycles. The molecule has 1 atom stereocenters. The van der Waals surface area contributed by atoms with Gasteiger partial charge in [-0.15, -0.1) is 0 Å². The van der Waals surface area contributed by atoms with E-state index in [4.69, 9.17) is 4.74 Å². The Morgan fingerprint density at radius 2 is 2.25 bits per heavy atom. The van der Waals surface area contributed by atoms with Crippen molar-refractivity contribution < 1.29 is 9.53 Å². The van der Waals surface area contributed by atoms with Gasteiger partial charge in [0, 0.05) is 18.3 Å². The van der Waals surface area contributed by atoms with Gasteiger partial charge in [-0.3, -0.25) is 4.79 Å². The molecular weight excluding hydrogens is 254 g/mol. The Morgan fingerprint density at radius 3 is 2.95 bits per heavy atom. The van der Waals surface area contributed by atoms with Crippen molar-refractivity contribution in [3.05, 3.63) is 29.7 Å². The first kappa shape index (κ1) is 14.5. The Hall–Kier alpha value is -1.91. The third-order valence-electron chi connectivity index (χ3n) is 3.23. The Bertz CT molecular complexity index is 494. The molecule has 1 aromatic heterocycles. The summed E-state index contributed by atoms with van der Waals surface area (Å²) in [6.07, 6.45) is 5.27. The summed E-state index contributed by atoms with van der Waals surface area (Å²) >= 11 is 0. The Kier molecular flexibility index (Phi) is 4.71. The van der Waals surface area contributed by atoms with Gasteiger partial charge in [-0.1, -0.05) is 6.08 Å². The van der Waals surface area contributed by atoms with Gasteiger partial charge in [0.05, 0.1) is 6.54 Å². The highest BCUT2D eigenvalue weighted by Gasteiger charge is 2.24. The molecule has 1 amide bonds. The van der Waals surface area contributed by atoms with E-state index in [0.29, 0.717) is 18.2 Å². The first-order valence-electron chi connectivity index (χ1n) is 6.99. The lowest BCUT2D eigenvalue weighted by molar-refractivity contribution is -0.128. The van der Waals surface area contributed by atoms with E-state index in [2.05, 4.69) is 9.97 Å². The molecule has 0 N–H and O–H groups in total. The van der Waals surface area contributed by atoms with Crippen molar-refractivity contribution in [2.45, 2.75) is 39.7 Å². The van der Waals surface area contributed by atoms with Crippen molar-refractivity contribution >= 4 is 5.91 Å². The lowest BCUT2D eigenvalue weighted by Crippen LogP contribution is -2.43. The number of piperidine rings is 1. The minimum atomic E-state index is 0.00616. The van der Waals surface area contributed by atoms with Gasteiger partial charge >= 0.3 is 0 Å². The summed E-state index contributed by atoms with van der Waals surface area (Å²) in [6.45, 7) is 7.03. The fraction of sp³-hybridized carbons (Fsp3) is 0.533. The number of carbonyl (C=O) groups is 1. The summed E-state index contributed by atoms with van der Waals surface area (Å²) in [5.41, 5.74) is 0.894. The maximum atomic E-state index is 11.9. The smallest absolute Gasteiger partial charge is 0.246 e. The fourth-order valence-electron chi connectivity index (χ4n) is 2.40. The SMILES string of the molecule is CC=CC(=O)N1CCCC(Oc2cc(C)nc(C)n2)C1. The number of amides is 1. The molecule has 20 heavy (non-hydrogen) atoms. The average Bonchev–Trinajstić information content (AvgIpc) is 2.38. The van der Waals surface area contributed by atoms with Crippen LogP contribution >= 0.6 is 0 Å². The van der Waals surface area contributed by atoms with Crippen molar-refractivity contribution in [1.82, 2.24) is 14.9 Å². The average molecular weight is 275 g/mol. The molecule has 108 valence electrons. The third-order valence-corrected chi connectivity index (χ3v) is 3.23. The van der Waals surface area contributed by atoms with Crippen LogP contribution in [0.25, 0.3) is 0 Å². The summed E-state index contributed by atoms with van der Waals surface area (Å²) in [6, 6.07) is 1.83. The number of ether oxygens (including phenoxy) is 1. The maximum absolute atomic E-state index is 11.9. The quantitative estimate of drug-likeness (QED) is 0.792. The van der Waals surface area contributed by atoms with Gasteiger partial charge in [0.15, 0.2) is 0 Å². The molecule has 1 saturated heterocycles. The first-order valence-corrected chi connectivity index (χ1v) is 6.99. The van der Waals surface area contributed by atoms with Crippen LogP contribution in [0.4, 0.5) is 0 Å². The zero-order chi connectivity index (χ0) is 14.5. The van der Waals surface area contributed by atoms with E-state index < -0.39 is 0 Å². The molecule has 2 rings (SSSR count). The number of likely N-dealkylation sites (tertiary alicyclic amines) is 1. The largest absolute Gasteiger partial charge is 0.472 e. The molecule has 2 heterocycles. The van der Waals surface area contributed by atoms with Crippen molar-refractivity contribution in [2.75, 3.05) is 13.1 Å². The van der Waals surface area contributed by atoms with E-state index in [1.54, 1.807) is 12.2 Å². The number of hydrogen-bond donors (Lipinski definition) is 0. The highest BCUT2D eigenvalue weighted by atomic mass is 16.5. The second-order valence-electron chi connectivity index (χ2n) is 5.06. The van der Waals surface area contributed by atoms with Gasteiger partial charge in [0.2, 0.25) is 11.8 Å². The highest BCUT2D eigenvalue weighted by molar-refractivity contribution is 5.87. The predicted molar refractivity (Wildman–Crippen MR) is 76.6 cm³/mol. The molecule has 0 radical (unpaired) electrons. The molecule has 0 saturated carbocycles. The minimum Gasteiger partial charge on any atom is -0.472 e. The van der Waals surface area contributed by atoms with E-state index in [1.807, 2.05) is 31.7 Å². The molecule has 1 aliphatic rings. The van der Waals surface area contributed by atoms with Crippen LogP contribution in [-0.2, 0) is 4.79 Å². The van der Waals surface area contributed by atoms with Gasteiger partial charge in [-0.05, 0) is 39.7 Å². The van der Waals surface area contributed by atoms with Crippen LogP contribution in [0.2, 0.25) is 0 Å². The van der Waals surface area contributed by atoms with Crippen LogP contribution in [0.15, 0.2) is 18.2 Å². The number of hydrogen-bond acceptors (Lipinski definition) is 4. The molecule has 1 fully saturated rings. The Labute approximate surface area is 119 Å². The molecule has 1 aromatic rings. The van der Waals surface area contributed by atoms with Crippen molar-refractivity contribution in [1.29, 1.82) is 0 Å². The van der Waals surface area contributed by atoms with E-state index in [-0.39, 0.29) is 12.0 Å². The number of nitrogens with zero attached hydrogens (tertiary/aromatic N) is 3. The number of allylic oxidation sites excluding steroid dienone is 1. The standard InChI is InChI=1S/C15H21N3O2/c1-4-6-15(19)18-8-5-7-13(10-18)20-14-9-11(2)16-12(3)17-14/h4,6,9,13H,5,7-8,10H2,1-3H3. The van der Waals surface area contributed by atoms with Crippen LogP contribution in [0.5, 0.6) is 5.88 Å². The maximum Gasteiger partial charge on any atom is 0.246 e. The molecule has 5 heteroatoms. The Balaban J connectivity index is 2.00. The lowest BCUT2D eigenvalue weighted by Gasteiger charge is -2.32. The second-order valence-corrected chi connectivity index (χ2v) is 5.06. The van der Waals surface area contributed by atoms with Gasteiger partial charge in [0.25, 0.3) is 0 Å². The first-order chi connectivity index (χ1) is 9.58. The zero-order valence-corrected chi connectivity index (χ0v) is 12.3. The summed E-state index contributed by atoms with van der Waals surface area (Å²) in [5.74, 6) is 1.36. The van der Waals surface area contributed by atoms with Crippen molar-refractivity contribution in [3.63, 3.8) is 0 Å². The van der Waals surface area contributed by atoms with Crippen molar-refractivity contribution in [2.24, 2.45) is 0 Å². The minimum absolute atomic E-state index is 0.00616. The molecule has 0 spiro atoms. The summed E-state index contributed by atoms with van der Waals surface area (Å²) in [5, 5.41) is 0. The van der Waals surface area contributed by atoms with Crippen LogP contribution in [0, 0.1) is 13.8 Å². The van der Waals surface area contributed by atoms with Crippen LogP contribution in [0.3, 0.4) is 0 Å². The van der Waals surface area contributed by atoms with E-state index in [1.165, 1.54) is 0 Å². The number of rotatable bonds is 3. The van der Waals surface area contributed by atoms with Gasteiger partial charge in [-0.2, -0.15) is 4.98 Å². The molecule has 5 nitrogen and oxygen atoms in total. The number of carbonyl (C=O) groups excluding carboxylic acids is 1. The van der Waals surface area contributed by atoms with Crippen LogP contribution in [0.1, 0.15) is 31.3 Å². The zero-order valence-electron chi connectivity index (χ0n) is 12.3. The predicted octanol–water partition coefficient (Wildman–Crippen LogP) is 2.04. The van der Waals surface area contributed by atoms with Gasteiger partial charge in [-0.25, -0.2) is 4.98 Å². The van der Waals surface area contributed by atoms with E-state index in [9.17, 15) is 4.79 Å². The van der Waals surface area contributed by atoms with Gasteiger partial charge in [0.1, 0.15) is 11.9 Å². The van der Waals surface area contributed by atoms with Crippen LogP contribution in [-0.4, -0.2) is 40.0 Å². The normalized spacial score (nSPS) is 19.4. The molecule has 1 unspecified atom stereocenters. The highest BCUT2D eigenvalue weighted by Crippen LogP contribution is 2.17. The lowest BCUT2D eigenvalue weighted by atomic mass is 10.1. The second kappa shape index (κ2) is 6.50. The molecule has 0 aliphatic carbocycles. The fourth-order valence-corrected chi connectivity index (χ4v) is 2.40. The number of aromatic nitrogens is 2. The van der Waals surface area contributed by atoms with Crippen LogP contribution < -0.4 is 4.74 Å². The Morgan fingerprint density at radius 1 is 1.45 bits per heavy atom. The summed E-state index contributed by atoms with van der Waals surface area (Å²) in [7, 11) is 0. The summed E-state index contributed by atoms with van der Waals surface area (Å²) < 4.78 is 5.91. The van der Waals surface area contributed by atoms with Crippen molar-refractivity contribution in [3.8, 4) is 5.88 Å². The molecular formula is C15H21N3O2. The van der Waals surface area contributed by atoms with E-state index in [0.717, 1.165) is 25.1 Å².